The average Bonchev–Trinajstić information content (AvgIpc) is 2.82. The Bertz CT molecular complexity index is 1230. The van der Waals surface area contributed by atoms with Crippen molar-refractivity contribution in [2.24, 2.45) is 0 Å². The van der Waals surface area contributed by atoms with Crippen molar-refractivity contribution in [1.82, 2.24) is 0 Å². The van der Waals surface area contributed by atoms with E-state index >= 15 is 0 Å². The second-order valence-electron chi connectivity index (χ2n) is 7.39. The highest BCUT2D eigenvalue weighted by Crippen LogP contribution is 2.29. The third-order valence-corrected chi connectivity index (χ3v) is 5.42. The molecule has 4 aromatic rings. The highest BCUT2D eigenvalue weighted by molar-refractivity contribution is 6.07. The maximum Gasteiger partial charge on any atom is 0.170 e. The predicted octanol–water partition coefficient (Wildman–Crippen LogP) is 6.23. The first kappa shape index (κ1) is 20.5. The van der Waals surface area contributed by atoms with Gasteiger partial charge in [0.25, 0.3) is 0 Å². The fourth-order valence-corrected chi connectivity index (χ4v) is 3.68. The van der Waals surface area contributed by atoms with E-state index in [1.165, 1.54) is 24.3 Å². The molecule has 1 atom stereocenters. The molecule has 31 heavy (non-hydrogen) atoms. The van der Waals surface area contributed by atoms with Crippen LogP contribution in [0.3, 0.4) is 0 Å². The lowest BCUT2D eigenvalue weighted by atomic mass is 9.85. The highest BCUT2D eigenvalue weighted by Gasteiger charge is 2.26. The Hall–Kier alpha value is -3.79. The molecular weight excluding hydrogens is 391 g/mol. The van der Waals surface area contributed by atoms with Gasteiger partial charge in [-0.2, -0.15) is 0 Å². The van der Waals surface area contributed by atoms with Gasteiger partial charge in [0.1, 0.15) is 11.6 Å². The highest BCUT2D eigenvalue weighted by atomic mass is 19.1. The second-order valence-corrected chi connectivity index (χ2v) is 7.39. The molecular formula is C27H21FO3. The maximum atomic E-state index is 13.3. The van der Waals surface area contributed by atoms with Gasteiger partial charge in [-0.1, -0.05) is 48.5 Å². The van der Waals surface area contributed by atoms with E-state index in [1.54, 1.807) is 37.4 Å². The second kappa shape index (κ2) is 8.92. The number of ether oxygens (including phenoxy) is 1. The summed E-state index contributed by atoms with van der Waals surface area (Å²) in [5.41, 5.74) is 1.64. The smallest absolute Gasteiger partial charge is 0.170 e. The summed E-state index contributed by atoms with van der Waals surface area (Å²) in [7, 11) is 1.57. The minimum atomic E-state index is -0.685. The number of ketones is 2. The predicted molar refractivity (Wildman–Crippen MR) is 119 cm³/mol. The van der Waals surface area contributed by atoms with Gasteiger partial charge in [0.05, 0.1) is 13.0 Å². The molecule has 0 unspecified atom stereocenters. The Kier molecular flexibility index (Phi) is 5.89. The number of Topliss-reactive ketones (excluding diaryl/α,β-unsaturated/α-hetero) is 2. The fraction of sp³-hybridized carbons (Fsp3) is 0.111. The van der Waals surface area contributed by atoms with Crippen molar-refractivity contribution in [2.45, 2.75) is 12.3 Å². The molecule has 0 N–H and O–H groups in total. The van der Waals surface area contributed by atoms with Crippen LogP contribution in [0.15, 0.2) is 91.0 Å². The number of hydrogen-bond donors (Lipinski definition) is 0. The quantitative estimate of drug-likeness (QED) is 0.338. The number of fused-ring (bicyclic) bond motifs is 1. The number of carbonyl (C=O) groups is 2. The number of hydrogen-bond acceptors (Lipinski definition) is 3. The molecule has 0 saturated heterocycles. The van der Waals surface area contributed by atoms with Crippen LogP contribution in [0.25, 0.3) is 10.8 Å². The van der Waals surface area contributed by atoms with Crippen LogP contribution in [0, 0.1) is 5.82 Å². The van der Waals surface area contributed by atoms with E-state index in [0.29, 0.717) is 22.4 Å². The minimum absolute atomic E-state index is 0.0148. The average molecular weight is 412 g/mol. The summed E-state index contributed by atoms with van der Waals surface area (Å²) in [5, 5.41) is 2.02. The van der Waals surface area contributed by atoms with Crippen LogP contribution in [-0.2, 0) is 0 Å². The van der Waals surface area contributed by atoms with E-state index in [4.69, 9.17) is 4.74 Å². The van der Waals surface area contributed by atoms with Crippen LogP contribution in [0.5, 0.6) is 5.75 Å². The van der Waals surface area contributed by atoms with Gasteiger partial charge >= 0.3 is 0 Å². The zero-order chi connectivity index (χ0) is 21.8. The molecule has 4 rings (SSSR count). The number of methoxy groups -OCH3 is 1. The van der Waals surface area contributed by atoms with Crippen molar-refractivity contribution in [3.63, 3.8) is 0 Å². The van der Waals surface area contributed by atoms with Crippen molar-refractivity contribution in [3.8, 4) is 5.75 Å². The summed E-state index contributed by atoms with van der Waals surface area (Å²) in [6.07, 6.45) is 0.0148. The van der Waals surface area contributed by atoms with E-state index < -0.39 is 11.7 Å². The first-order valence-electron chi connectivity index (χ1n) is 10.0. The monoisotopic (exact) mass is 412 g/mol. The summed E-state index contributed by atoms with van der Waals surface area (Å²) < 4.78 is 18.5. The first-order chi connectivity index (χ1) is 15.0. The van der Waals surface area contributed by atoms with Gasteiger partial charge < -0.3 is 4.74 Å². The Morgan fingerprint density at radius 2 is 1.45 bits per heavy atom. The van der Waals surface area contributed by atoms with Crippen LogP contribution in [0.2, 0.25) is 0 Å². The Morgan fingerprint density at radius 3 is 2.13 bits per heavy atom. The first-order valence-corrected chi connectivity index (χ1v) is 10.0. The summed E-state index contributed by atoms with van der Waals surface area (Å²) in [6.45, 7) is 0. The van der Waals surface area contributed by atoms with Crippen molar-refractivity contribution in [3.05, 3.63) is 114 Å². The number of benzene rings is 4. The number of rotatable bonds is 7. The van der Waals surface area contributed by atoms with Crippen LogP contribution < -0.4 is 4.74 Å². The van der Waals surface area contributed by atoms with Crippen molar-refractivity contribution >= 4 is 22.3 Å². The summed E-state index contributed by atoms with van der Waals surface area (Å²) in [6, 6.07) is 25.9. The molecule has 0 fully saturated rings. The van der Waals surface area contributed by atoms with Crippen molar-refractivity contribution in [1.29, 1.82) is 0 Å². The molecule has 3 nitrogen and oxygen atoms in total. The van der Waals surface area contributed by atoms with Crippen LogP contribution >= 0.6 is 0 Å². The molecule has 0 aliphatic carbocycles. The zero-order valence-corrected chi connectivity index (χ0v) is 17.0. The molecule has 0 amide bonds. The van der Waals surface area contributed by atoms with Crippen LogP contribution in [0.1, 0.15) is 38.6 Å². The van der Waals surface area contributed by atoms with Gasteiger partial charge in [-0.3, -0.25) is 9.59 Å². The Morgan fingerprint density at radius 1 is 0.806 bits per heavy atom. The third-order valence-electron chi connectivity index (χ3n) is 5.42. The van der Waals surface area contributed by atoms with Crippen molar-refractivity contribution < 1.29 is 18.7 Å². The molecule has 154 valence electrons. The maximum absolute atomic E-state index is 13.3. The minimum Gasteiger partial charge on any atom is -0.497 e. The number of carbonyl (C=O) groups excluding carboxylic acids is 2. The van der Waals surface area contributed by atoms with Crippen LogP contribution in [0.4, 0.5) is 4.39 Å². The zero-order valence-electron chi connectivity index (χ0n) is 17.0. The summed E-state index contributed by atoms with van der Waals surface area (Å²) >= 11 is 0. The van der Waals surface area contributed by atoms with E-state index in [1.807, 2.05) is 36.4 Å². The fourth-order valence-electron chi connectivity index (χ4n) is 3.68. The van der Waals surface area contributed by atoms with E-state index in [0.717, 1.165) is 10.8 Å². The molecule has 4 heteroatoms. The van der Waals surface area contributed by atoms with Gasteiger partial charge in [-0.15, -0.1) is 0 Å². The Balaban J connectivity index is 1.67. The van der Waals surface area contributed by atoms with Gasteiger partial charge in [0, 0.05) is 17.5 Å². The molecule has 0 bridgehead atoms. The normalized spacial score (nSPS) is 11.8. The van der Waals surface area contributed by atoms with Gasteiger partial charge in [-0.05, 0) is 58.8 Å². The largest absolute Gasteiger partial charge is 0.497 e. The molecule has 0 spiro atoms. The molecule has 0 heterocycles. The van der Waals surface area contributed by atoms with Gasteiger partial charge in [-0.25, -0.2) is 4.39 Å². The standard InChI is InChI=1S/C27H21FO3/c1-31-24-14-10-19(11-15-24)25(27(30)20-8-12-23(28)13-9-20)17-26(29)22-7-6-18-4-2-3-5-21(18)16-22/h2-16,25H,17H2,1H3/t25-/m0/s1. The topological polar surface area (TPSA) is 43.4 Å². The van der Waals surface area contributed by atoms with Crippen molar-refractivity contribution in [2.75, 3.05) is 7.11 Å². The Labute approximate surface area is 180 Å². The van der Waals surface area contributed by atoms with Crippen LogP contribution in [-0.4, -0.2) is 18.7 Å². The lowest BCUT2D eigenvalue weighted by Gasteiger charge is -2.17. The lowest BCUT2D eigenvalue weighted by molar-refractivity contribution is 0.0893. The molecule has 0 saturated carbocycles. The molecule has 0 aliphatic rings. The van der Waals surface area contributed by atoms with Gasteiger partial charge in [0.2, 0.25) is 0 Å². The molecule has 0 aromatic heterocycles. The van der Waals surface area contributed by atoms with Gasteiger partial charge in [0.15, 0.2) is 11.6 Å². The molecule has 0 radical (unpaired) electrons. The summed E-state index contributed by atoms with van der Waals surface area (Å²) in [4.78, 5) is 26.4. The number of halogens is 1. The molecule has 0 aliphatic heterocycles. The van der Waals surface area contributed by atoms with E-state index in [-0.39, 0.29) is 18.0 Å². The lowest BCUT2D eigenvalue weighted by Crippen LogP contribution is -2.17. The molecule has 4 aromatic carbocycles. The van der Waals surface area contributed by atoms with E-state index in [2.05, 4.69) is 0 Å². The SMILES string of the molecule is COc1ccc([C@H](CC(=O)c2ccc3ccccc3c2)C(=O)c2ccc(F)cc2)cc1. The third kappa shape index (κ3) is 4.53. The van der Waals surface area contributed by atoms with E-state index in [9.17, 15) is 14.0 Å². The summed E-state index contributed by atoms with van der Waals surface area (Å²) in [5.74, 6) is -0.779.